The molecule has 0 saturated carbocycles. The summed E-state index contributed by atoms with van der Waals surface area (Å²) in [4.78, 5) is 2.59. The summed E-state index contributed by atoms with van der Waals surface area (Å²) in [5.74, 6) is 0.977. The molecule has 0 aliphatic rings. The molecule has 1 atom stereocenters. The minimum Gasteiger partial charge on any atom is -0.493 e. The lowest BCUT2D eigenvalue weighted by Gasteiger charge is -2.15. The van der Waals surface area contributed by atoms with Gasteiger partial charge in [0, 0.05) is 10.5 Å². The molecule has 1 N–H and O–H groups in total. The first-order chi connectivity index (χ1) is 7.74. The van der Waals surface area contributed by atoms with E-state index in [2.05, 4.69) is 10.0 Å². The van der Waals surface area contributed by atoms with Crippen LogP contribution in [0.5, 0.6) is 11.5 Å². The van der Waals surface area contributed by atoms with E-state index >= 15 is 0 Å². The SMILES string of the molecule is COc1cccc(C(O)CN=[N+]=[N-])c1OC. The number of aliphatic hydroxyl groups excluding tert-OH is 1. The molecule has 1 unspecified atom stereocenters. The van der Waals surface area contributed by atoms with E-state index in [0.717, 1.165) is 0 Å². The highest BCUT2D eigenvalue weighted by Crippen LogP contribution is 2.34. The van der Waals surface area contributed by atoms with E-state index in [4.69, 9.17) is 15.0 Å². The molecule has 86 valence electrons. The smallest absolute Gasteiger partial charge is 0.166 e. The van der Waals surface area contributed by atoms with Crippen molar-refractivity contribution in [3.63, 3.8) is 0 Å². The fourth-order valence-corrected chi connectivity index (χ4v) is 1.39. The summed E-state index contributed by atoms with van der Waals surface area (Å²) in [6.07, 6.45) is -0.902. The fourth-order valence-electron chi connectivity index (χ4n) is 1.39. The fraction of sp³-hybridized carbons (Fsp3) is 0.400. The third-order valence-electron chi connectivity index (χ3n) is 2.11. The third kappa shape index (κ3) is 2.56. The van der Waals surface area contributed by atoms with Gasteiger partial charge >= 0.3 is 0 Å². The van der Waals surface area contributed by atoms with Gasteiger partial charge in [0.2, 0.25) is 0 Å². The standard InChI is InChI=1S/C10H13N3O3/c1-15-9-5-3-4-7(10(9)16-2)8(14)6-12-13-11/h3-5,8,14H,6H2,1-2H3. The van der Waals surface area contributed by atoms with Crippen molar-refractivity contribution in [2.45, 2.75) is 6.10 Å². The highest BCUT2D eigenvalue weighted by Gasteiger charge is 2.15. The van der Waals surface area contributed by atoms with Crippen LogP contribution in [-0.2, 0) is 0 Å². The number of azide groups is 1. The Labute approximate surface area is 93.0 Å². The van der Waals surface area contributed by atoms with E-state index in [9.17, 15) is 5.11 Å². The average Bonchev–Trinajstić information content (AvgIpc) is 2.34. The topological polar surface area (TPSA) is 87.5 Å². The van der Waals surface area contributed by atoms with Crippen LogP contribution < -0.4 is 9.47 Å². The van der Waals surface area contributed by atoms with Gasteiger partial charge in [0.25, 0.3) is 0 Å². The molecular formula is C10H13N3O3. The predicted octanol–water partition coefficient (Wildman–Crippen LogP) is 2.05. The Morgan fingerprint density at radius 1 is 1.44 bits per heavy atom. The summed E-state index contributed by atoms with van der Waals surface area (Å²) in [6.45, 7) is -0.0416. The number of methoxy groups -OCH3 is 2. The molecule has 0 spiro atoms. The van der Waals surface area contributed by atoms with E-state index in [-0.39, 0.29) is 6.54 Å². The zero-order valence-corrected chi connectivity index (χ0v) is 9.12. The third-order valence-corrected chi connectivity index (χ3v) is 2.11. The molecule has 1 aromatic carbocycles. The molecule has 6 heteroatoms. The van der Waals surface area contributed by atoms with Gasteiger partial charge in [0.05, 0.1) is 26.9 Å². The molecule has 0 aromatic heterocycles. The first kappa shape index (κ1) is 12.2. The lowest BCUT2D eigenvalue weighted by molar-refractivity contribution is 0.181. The summed E-state index contributed by atoms with van der Waals surface area (Å²) in [5, 5.41) is 13.1. The quantitative estimate of drug-likeness (QED) is 0.470. The molecule has 1 rings (SSSR count). The van der Waals surface area contributed by atoms with Crippen LogP contribution in [-0.4, -0.2) is 25.9 Å². The molecule has 0 fully saturated rings. The van der Waals surface area contributed by atoms with Gasteiger partial charge in [-0.1, -0.05) is 17.2 Å². The molecule has 0 saturated heterocycles. The first-order valence-electron chi connectivity index (χ1n) is 4.64. The van der Waals surface area contributed by atoms with Crippen molar-refractivity contribution in [3.05, 3.63) is 34.2 Å². The van der Waals surface area contributed by atoms with E-state index in [1.807, 2.05) is 0 Å². The normalized spacial score (nSPS) is 11.4. The maximum atomic E-state index is 9.78. The van der Waals surface area contributed by atoms with Crippen LogP contribution in [0.2, 0.25) is 0 Å². The Balaban J connectivity index is 3.06. The number of hydrogen-bond acceptors (Lipinski definition) is 4. The molecule has 0 aliphatic carbocycles. The number of rotatable bonds is 5. The number of benzene rings is 1. The Bertz CT molecular complexity index is 402. The zero-order valence-electron chi connectivity index (χ0n) is 9.12. The van der Waals surface area contributed by atoms with Crippen LogP contribution in [0.1, 0.15) is 11.7 Å². The average molecular weight is 223 g/mol. The summed E-state index contributed by atoms with van der Waals surface area (Å²) in [5.41, 5.74) is 8.72. The number of para-hydroxylation sites is 1. The monoisotopic (exact) mass is 223 g/mol. The van der Waals surface area contributed by atoms with E-state index < -0.39 is 6.10 Å². The number of aliphatic hydroxyl groups is 1. The van der Waals surface area contributed by atoms with Gasteiger partial charge in [-0.2, -0.15) is 0 Å². The van der Waals surface area contributed by atoms with Gasteiger partial charge in [0.15, 0.2) is 11.5 Å². The van der Waals surface area contributed by atoms with Gasteiger partial charge < -0.3 is 14.6 Å². The van der Waals surface area contributed by atoms with Crippen molar-refractivity contribution in [1.29, 1.82) is 0 Å². The Hall–Kier alpha value is -1.91. The lowest BCUT2D eigenvalue weighted by atomic mass is 10.1. The second-order valence-electron chi connectivity index (χ2n) is 3.01. The highest BCUT2D eigenvalue weighted by atomic mass is 16.5. The summed E-state index contributed by atoms with van der Waals surface area (Å²) >= 11 is 0. The maximum absolute atomic E-state index is 9.78. The van der Waals surface area contributed by atoms with Gasteiger partial charge in [-0.25, -0.2) is 0 Å². The molecule has 0 aliphatic heterocycles. The second-order valence-corrected chi connectivity index (χ2v) is 3.01. The lowest BCUT2D eigenvalue weighted by Crippen LogP contribution is -2.04. The van der Waals surface area contributed by atoms with Crippen LogP contribution >= 0.6 is 0 Å². The molecule has 16 heavy (non-hydrogen) atoms. The van der Waals surface area contributed by atoms with Crippen LogP contribution in [0.3, 0.4) is 0 Å². The predicted molar refractivity (Wildman–Crippen MR) is 58.5 cm³/mol. The van der Waals surface area contributed by atoms with E-state index in [1.165, 1.54) is 14.2 Å². The van der Waals surface area contributed by atoms with Crippen LogP contribution in [0, 0.1) is 0 Å². The van der Waals surface area contributed by atoms with Crippen molar-refractivity contribution >= 4 is 0 Å². The van der Waals surface area contributed by atoms with Crippen LogP contribution in [0.25, 0.3) is 10.4 Å². The Morgan fingerprint density at radius 2 is 2.19 bits per heavy atom. The largest absolute Gasteiger partial charge is 0.493 e. The highest BCUT2D eigenvalue weighted by molar-refractivity contribution is 5.47. The molecule has 6 nitrogen and oxygen atoms in total. The Morgan fingerprint density at radius 3 is 2.75 bits per heavy atom. The van der Waals surface area contributed by atoms with Crippen LogP contribution in [0.4, 0.5) is 0 Å². The molecule has 0 amide bonds. The van der Waals surface area contributed by atoms with Gasteiger partial charge in [-0.05, 0) is 11.6 Å². The zero-order chi connectivity index (χ0) is 12.0. The minimum atomic E-state index is -0.902. The van der Waals surface area contributed by atoms with Crippen molar-refractivity contribution in [2.24, 2.45) is 5.11 Å². The Kier molecular flexibility index (Phi) is 4.44. The van der Waals surface area contributed by atoms with E-state index in [1.54, 1.807) is 18.2 Å². The summed E-state index contributed by atoms with van der Waals surface area (Å²) in [7, 11) is 3.00. The van der Waals surface area contributed by atoms with Crippen LogP contribution in [0.15, 0.2) is 23.3 Å². The summed E-state index contributed by atoms with van der Waals surface area (Å²) in [6, 6.07) is 5.15. The van der Waals surface area contributed by atoms with Gasteiger partial charge in [-0.15, -0.1) is 0 Å². The minimum absolute atomic E-state index is 0.0416. The number of ether oxygens (including phenoxy) is 2. The summed E-state index contributed by atoms with van der Waals surface area (Å²) < 4.78 is 10.2. The molecule has 0 heterocycles. The molecule has 0 bridgehead atoms. The van der Waals surface area contributed by atoms with E-state index in [0.29, 0.717) is 17.1 Å². The number of hydrogen-bond donors (Lipinski definition) is 1. The van der Waals surface area contributed by atoms with Gasteiger partial charge in [-0.3, -0.25) is 0 Å². The molecule has 1 aromatic rings. The van der Waals surface area contributed by atoms with Crippen molar-refractivity contribution in [1.82, 2.24) is 0 Å². The second kappa shape index (κ2) is 5.85. The maximum Gasteiger partial charge on any atom is 0.166 e. The molecule has 0 radical (unpaired) electrons. The first-order valence-corrected chi connectivity index (χ1v) is 4.64. The van der Waals surface area contributed by atoms with Crippen molar-refractivity contribution in [3.8, 4) is 11.5 Å². The van der Waals surface area contributed by atoms with Crippen molar-refractivity contribution in [2.75, 3.05) is 20.8 Å². The van der Waals surface area contributed by atoms with Crippen molar-refractivity contribution < 1.29 is 14.6 Å². The number of nitrogens with zero attached hydrogens (tertiary/aromatic N) is 3. The molecular weight excluding hydrogens is 210 g/mol. The van der Waals surface area contributed by atoms with Gasteiger partial charge in [0.1, 0.15) is 0 Å².